The van der Waals surface area contributed by atoms with Gasteiger partial charge >= 0.3 is 0 Å². The number of aromatic nitrogens is 2. The van der Waals surface area contributed by atoms with E-state index in [4.69, 9.17) is 5.73 Å². The first-order chi connectivity index (χ1) is 8.63. The van der Waals surface area contributed by atoms with Crippen molar-refractivity contribution in [2.75, 3.05) is 17.2 Å². The fraction of sp³-hybridized carbons (Fsp3) is 0.231. The molecule has 18 heavy (non-hydrogen) atoms. The summed E-state index contributed by atoms with van der Waals surface area (Å²) in [6, 6.07) is 5.31. The summed E-state index contributed by atoms with van der Waals surface area (Å²) >= 11 is 0. The number of nitrogens with zero attached hydrogens (tertiary/aromatic N) is 3. The Hall–Kier alpha value is -2.30. The number of nitrogens with two attached hydrogens (primary N) is 1. The van der Waals surface area contributed by atoms with Crippen molar-refractivity contribution in [1.82, 2.24) is 9.55 Å². The van der Waals surface area contributed by atoms with E-state index in [1.165, 1.54) is 0 Å². The van der Waals surface area contributed by atoms with Gasteiger partial charge in [-0.25, -0.2) is 0 Å². The normalized spacial score (nSPS) is 10.3. The summed E-state index contributed by atoms with van der Waals surface area (Å²) in [5.74, 6) is -0.0668. The zero-order valence-electron chi connectivity index (χ0n) is 10.5. The molecule has 0 atom stereocenters. The van der Waals surface area contributed by atoms with Crippen LogP contribution >= 0.6 is 0 Å². The number of aryl methyl sites for hydroxylation is 1. The minimum absolute atomic E-state index is 0.0668. The van der Waals surface area contributed by atoms with Crippen molar-refractivity contribution in [3.05, 3.63) is 42.5 Å². The minimum atomic E-state index is -0.0668. The number of anilines is 2. The molecule has 2 heterocycles. The maximum atomic E-state index is 12.4. The largest absolute Gasteiger partial charge is 0.397 e. The SMILES string of the molecule is CCN(C(=O)c1cc(N)cn1C)c1ccncc1. The predicted octanol–water partition coefficient (Wildman–Crippen LogP) is 1.67. The van der Waals surface area contributed by atoms with Crippen LogP contribution in [0.15, 0.2) is 36.8 Å². The van der Waals surface area contributed by atoms with Crippen LogP contribution in [0.2, 0.25) is 0 Å². The van der Waals surface area contributed by atoms with Crippen LogP contribution in [0.25, 0.3) is 0 Å². The molecule has 0 saturated heterocycles. The molecule has 0 radical (unpaired) electrons. The fourth-order valence-corrected chi connectivity index (χ4v) is 1.91. The average molecular weight is 244 g/mol. The smallest absolute Gasteiger partial charge is 0.274 e. The summed E-state index contributed by atoms with van der Waals surface area (Å²) in [5, 5.41) is 0. The maximum absolute atomic E-state index is 12.4. The molecule has 5 nitrogen and oxygen atoms in total. The van der Waals surface area contributed by atoms with Crippen LogP contribution in [0.5, 0.6) is 0 Å². The van der Waals surface area contributed by atoms with Crippen LogP contribution in [0.4, 0.5) is 11.4 Å². The van der Waals surface area contributed by atoms with Crippen molar-refractivity contribution in [3.8, 4) is 0 Å². The van der Waals surface area contributed by atoms with Crippen LogP contribution in [0.1, 0.15) is 17.4 Å². The average Bonchev–Trinajstić information content (AvgIpc) is 2.70. The molecular formula is C13H16N4O. The first kappa shape index (κ1) is 12.2. The van der Waals surface area contributed by atoms with Crippen molar-refractivity contribution in [2.24, 2.45) is 7.05 Å². The van der Waals surface area contributed by atoms with Gasteiger partial charge in [-0.05, 0) is 25.1 Å². The van der Waals surface area contributed by atoms with Gasteiger partial charge in [-0.3, -0.25) is 9.78 Å². The number of carbonyl (C=O) groups excluding carboxylic acids is 1. The lowest BCUT2D eigenvalue weighted by molar-refractivity contribution is 0.0980. The molecule has 2 aromatic rings. The van der Waals surface area contributed by atoms with Crippen molar-refractivity contribution in [1.29, 1.82) is 0 Å². The predicted molar refractivity (Wildman–Crippen MR) is 71.4 cm³/mol. The van der Waals surface area contributed by atoms with E-state index in [1.807, 2.05) is 26.1 Å². The molecule has 2 N–H and O–H groups in total. The second-order valence-electron chi connectivity index (χ2n) is 4.02. The first-order valence-corrected chi connectivity index (χ1v) is 5.77. The van der Waals surface area contributed by atoms with E-state index in [-0.39, 0.29) is 5.91 Å². The molecule has 0 saturated carbocycles. The zero-order valence-corrected chi connectivity index (χ0v) is 10.5. The zero-order chi connectivity index (χ0) is 13.1. The molecule has 0 bridgehead atoms. The molecule has 0 aromatic carbocycles. The van der Waals surface area contributed by atoms with E-state index in [0.29, 0.717) is 17.9 Å². The van der Waals surface area contributed by atoms with Gasteiger partial charge in [0.05, 0.1) is 5.69 Å². The van der Waals surface area contributed by atoms with Crippen molar-refractivity contribution in [2.45, 2.75) is 6.92 Å². The van der Waals surface area contributed by atoms with E-state index in [9.17, 15) is 4.79 Å². The van der Waals surface area contributed by atoms with Gasteiger partial charge in [0, 0.05) is 37.9 Å². The molecule has 0 unspecified atom stereocenters. The number of hydrogen-bond donors (Lipinski definition) is 1. The topological polar surface area (TPSA) is 64.2 Å². The molecule has 0 aliphatic rings. The number of carbonyl (C=O) groups is 1. The van der Waals surface area contributed by atoms with Gasteiger partial charge in [-0.15, -0.1) is 0 Å². The summed E-state index contributed by atoms with van der Waals surface area (Å²) < 4.78 is 1.74. The number of hydrogen-bond acceptors (Lipinski definition) is 3. The van der Waals surface area contributed by atoms with Gasteiger partial charge in [-0.1, -0.05) is 0 Å². The number of nitrogen functional groups attached to an aromatic ring is 1. The van der Waals surface area contributed by atoms with Crippen molar-refractivity contribution >= 4 is 17.3 Å². The highest BCUT2D eigenvalue weighted by Gasteiger charge is 2.18. The van der Waals surface area contributed by atoms with Crippen LogP contribution in [-0.2, 0) is 7.05 Å². The third kappa shape index (κ3) is 2.20. The Balaban J connectivity index is 2.34. The highest BCUT2D eigenvalue weighted by molar-refractivity contribution is 6.05. The lowest BCUT2D eigenvalue weighted by Crippen LogP contribution is -2.31. The Morgan fingerprint density at radius 1 is 1.44 bits per heavy atom. The van der Waals surface area contributed by atoms with Crippen LogP contribution < -0.4 is 10.6 Å². The Labute approximate surface area is 106 Å². The first-order valence-electron chi connectivity index (χ1n) is 5.77. The monoisotopic (exact) mass is 244 g/mol. The molecule has 0 spiro atoms. The molecule has 0 aliphatic heterocycles. The highest BCUT2D eigenvalue weighted by Crippen LogP contribution is 2.17. The van der Waals surface area contributed by atoms with E-state index in [2.05, 4.69) is 4.98 Å². The second kappa shape index (κ2) is 4.91. The van der Waals surface area contributed by atoms with Gasteiger partial charge < -0.3 is 15.2 Å². The molecular weight excluding hydrogens is 228 g/mol. The van der Waals surface area contributed by atoms with Gasteiger partial charge in [-0.2, -0.15) is 0 Å². The number of amides is 1. The van der Waals surface area contributed by atoms with Crippen LogP contribution in [-0.4, -0.2) is 22.0 Å². The molecule has 5 heteroatoms. The molecule has 2 rings (SSSR count). The lowest BCUT2D eigenvalue weighted by Gasteiger charge is -2.20. The fourth-order valence-electron chi connectivity index (χ4n) is 1.91. The van der Waals surface area contributed by atoms with E-state index in [1.54, 1.807) is 34.1 Å². The Kier molecular flexibility index (Phi) is 3.32. The standard InChI is InChI=1S/C13H16N4O/c1-3-17(11-4-6-15-7-5-11)13(18)12-8-10(14)9-16(12)2/h4-9H,3,14H2,1-2H3. The summed E-state index contributed by atoms with van der Waals surface area (Å²) in [6.07, 6.45) is 5.07. The summed E-state index contributed by atoms with van der Waals surface area (Å²) in [5.41, 5.74) is 7.69. The highest BCUT2D eigenvalue weighted by atomic mass is 16.2. The van der Waals surface area contributed by atoms with E-state index < -0.39 is 0 Å². The minimum Gasteiger partial charge on any atom is -0.397 e. The molecule has 0 aliphatic carbocycles. The van der Waals surface area contributed by atoms with Gasteiger partial charge in [0.2, 0.25) is 0 Å². The summed E-state index contributed by atoms with van der Waals surface area (Å²) in [4.78, 5) is 18.1. The maximum Gasteiger partial charge on any atom is 0.274 e. The van der Waals surface area contributed by atoms with Crippen LogP contribution in [0.3, 0.4) is 0 Å². The third-order valence-electron chi connectivity index (χ3n) is 2.78. The third-order valence-corrected chi connectivity index (χ3v) is 2.78. The van der Waals surface area contributed by atoms with Crippen molar-refractivity contribution < 1.29 is 4.79 Å². The van der Waals surface area contributed by atoms with Crippen molar-refractivity contribution in [3.63, 3.8) is 0 Å². The molecule has 1 amide bonds. The van der Waals surface area contributed by atoms with Gasteiger partial charge in [0.1, 0.15) is 5.69 Å². The Bertz CT molecular complexity index is 547. The molecule has 94 valence electrons. The van der Waals surface area contributed by atoms with Crippen LogP contribution in [0, 0.1) is 0 Å². The van der Waals surface area contributed by atoms with Gasteiger partial charge in [0.25, 0.3) is 5.91 Å². The van der Waals surface area contributed by atoms with Gasteiger partial charge in [0.15, 0.2) is 0 Å². The summed E-state index contributed by atoms with van der Waals surface area (Å²) in [6.45, 7) is 2.53. The Morgan fingerprint density at radius 3 is 2.61 bits per heavy atom. The summed E-state index contributed by atoms with van der Waals surface area (Å²) in [7, 11) is 1.81. The number of pyridine rings is 1. The molecule has 0 fully saturated rings. The second-order valence-corrected chi connectivity index (χ2v) is 4.02. The molecule has 2 aromatic heterocycles. The lowest BCUT2D eigenvalue weighted by atomic mass is 10.3. The quantitative estimate of drug-likeness (QED) is 0.893. The number of rotatable bonds is 3. The Morgan fingerprint density at radius 2 is 2.11 bits per heavy atom. The van der Waals surface area contributed by atoms with E-state index >= 15 is 0 Å². The van der Waals surface area contributed by atoms with E-state index in [0.717, 1.165) is 5.69 Å².